The molecule has 0 aromatic carbocycles. The average Bonchev–Trinajstić information content (AvgIpc) is 1.59. The summed E-state index contributed by atoms with van der Waals surface area (Å²) in [6.45, 7) is 0. The number of hydrogen-bond donors (Lipinski definition) is 0. The Morgan fingerprint density at radius 3 is 2.44 bits per heavy atom. The number of nitrogens with zero attached hydrogens (tertiary/aromatic N) is 1. The maximum Gasteiger partial charge on any atom is 0.141 e. The van der Waals surface area contributed by atoms with Crippen LogP contribution in [0.3, 0.4) is 0 Å². The molecule has 0 saturated carbocycles. The Labute approximate surface area is 70.2 Å². The van der Waals surface area contributed by atoms with E-state index in [1.807, 2.05) is 0 Å². The van der Waals surface area contributed by atoms with E-state index in [-0.39, 0.29) is 0 Å². The van der Waals surface area contributed by atoms with Crippen molar-refractivity contribution < 1.29 is 0 Å². The Morgan fingerprint density at radius 1 is 1.33 bits per heavy atom. The third-order valence-corrected chi connectivity index (χ3v) is 1.39. The van der Waals surface area contributed by atoms with Gasteiger partial charge in [-0.3, -0.25) is 4.98 Å². The van der Waals surface area contributed by atoms with Gasteiger partial charge in [0.25, 0.3) is 0 Å². The molecular formula is C5H2B2IN. The normalized spacial score (nSPS) is 9.44. The highest BCUT2D eigenvalue weighted by Gasteiger charge is 1.89. The second-order valence-electron chi connectivity index (χ2n) is 1.65. The van der Waals surface area contributed by atoms with Crippen LogP contribution in [0, 0.1) is 3.70 Å². The van der Waals surface area contributed by atoms with Gasteiger partial charge in [0.05, 0.1) is 3.70 Å². The summed E-state index contributed by atoms with van der Waals surface area (Å²) in [6, 6.07) is 3.39. The van der Waals surface area contributed by atoms with Crippen LogP contribution < -0.4 is 11.1 Å². The Bertz CT molecular complexity index is 176. The topological polar surface area (TPSA) is 12.9 Å². The van der Waals surface area contributed by atoms with E-state index in [4.69, 9.17) is 15.7 Å². The van der Waals surface area contributed by atoms with Gasteiger partial charge in [0.15, 0.2) is 0 Å². The minimum atomic E-state index is 0.472. The quantitative estimate of drug-likeness (QED) is 0.322. The van der Waals surface area contributed by atoms with Crippen LogP contribution in [0.4, 0.5) is 0 Å². The summed E-state index contributed by atoms with van der Waals surface area (Å²) in [5.74, 6) is 0. The molecule has 0 atom stereocenters. The third kappa shape index (κ3) is 2.01. The lowest BCUT2D eigenvalue weighted by Crippen LogP contribution is -2.17. The molecule has 0 fully saturated rings. The van der Waals surface area contributed by atoms with Crippen LogP contribution in [0.25, 0.3) is 0 Å². The van der Waals surface area contributed by atoms with Crippen LogP contribution in [0.15, 0.2) is 12.1 Å². The standard InChI is InChI=1S/C5H2B2IN/c6-3-1-4(7)9-5(8)2-3/h1-2H. The minimum Gasteiger partial charge on any atom is -0.259 e. The smallest absolute Gasteiger partial charge is 0.141 e. The van der Waals surface area contributed by atoms with Crippen molar-refractivity contribution in [2.24, 2.45) is 0 Å². The predicted molar refractivity (Wildman–Crippen MR) is 47.7 cm³/mol. The molecule has 9 heavy (non-hydrogen) atoms. The SMILES string of the molecule is [B]c1cc([B])nc(I)c1. The fourth-order valence-corrected chi connectivity index (χ4v) is 1.18. The first-order valence-electron chi connectivity index (χ1n) is 2.37. The highest BCUT2D eigenvalue weighted by molar-refractivity contribution is 14.1. The molecular weight excluding hydrogens is 223 g/mol. The maximum absolute atomic E-state index is 5.43. The van der Waals surface area contributed by atoms with Gasteiger partial charge in [0.2, 0.25) is 0 Å². The second-order valence-corrected chi connectivity index (χ2v) is 2.75. The maximum atomic E-state index is 5.43. The summed E-state index contributed by atoms with van der Waals surface area (Å²) in [5, 5.41) is 0. The van der Waals surface area contributed by atoms with Crippen LogP contribution in [-0.2, 0) is 0 Å². The monoisotopic (exact) mass is 225 g/mol. The fraction of sp³-hybridized carbons (Fsp3) is 0. The Balaban J connectivity index is 3.17. The van der Waals surface area contributed by atoms with Gasteiger partial charge >= 0.3 is 0 Å². The van der Waals surface area contributed by atoms with Crippen molar-refractivity contribution in [2.45, 2.75) is 0 Å². The zero-order valence-corrected chi connectivity index (χ0v) is 6.79. The van der Waals surface area contributed by atoms with Crippen LogP contribution in [0.5, 0.6) is 0 Å². The molecule has 4 heteroatoms. The Hall–Kier alpha value is 0.00987. The molecule has 4 radical (unpaired) electrons. The van der Waals surface area contributed by atoms with Crippen molar-refractivity contribution in [3.63, 3.8) is 0 Å². The number of hydrogen-bond acceptors (Lipinski definition) is 1. The third-order valence-electron chi connectivity index (χ3n) is 0.836. The molecule has 40 valence electrons. The summed E-state index contributed by atoms with van der Waals surface area (Å²) in [6.07, 6.45) is 0. The second kappa shape index (κ2) is 2.73. The predicted octanol–water partition coefficient (Wildman–Crippen LogP) is -0.726. The molecule has 0 bridgehead atoms. The van der Waals surface area contributed by atoms with Crippen LogP contribution >= 0.6 is 22.6 Å². The lowest BCUT2D eigenvalue weighted by molar-refractivity contribution is 1.34. The van der Waals surface area contributed by atoms with Gasteiger partial charge in [0.1, 0.15) is 15.7 Å². The molecule has 0 aliphatic rings. The number of pyridine rings is 1. The first kappa shape index (κ1) is 7.12. The van der Waals surface area contributed by atoms with Gasteiger partial charge in [-0.05, 0) is 34.3 Å². The number of rotatable bonds is 0. The lowest BCUT2D eigenvalue weighted by Gasteiger charge is -1.95. The average molecular weight is 225 g/mol. The van der Waals surface area contributed by atoms with Crippen molar-refractivity contribution in [3.8, 4) is 0 Å². The molecule has 0 aliphatic carbocycles. The zero-order chi connectivity index (χ0) is 6.85. The summed E-state index contributed by atoms with van der Waals surface area (Å²) in [4.78, 5) is 3.92. The largest absolute Gasteiger partial charge is 0.259 e. The Kier molecular flexibility index (Phi) is 2.16. The van der Waals surface area contributed by atoms with Crippen LogP contribution in [0.1, 0.15) is 0 Å². The molecule has 1 aromatic rings. The molecule has 0 N–H and O–H groups in total. The van der Waals surface area contributed by atoms with E-state index < -0.39 is 0 Å². The fourth-order valence-electron chi connectivity index (χ4n) is 0.538. The summed E-state index contributed by atoms with van der Waals surface area (Å²) in [5.41, 5.74) is 1.13. The van der Waals surface area contributed by atoms with E-state index in [0.29, 0.717) is 11.1 Å². The number of halogens is 1. The van der Waals surface area contributed by atoms with Gasteiger partial charge in [0, 0.05) is 0 Å². The summed E-state index contributed by atoms with van der Waals surface area (Å²) in [7, 11) is 10.8. The molecule has 1 rings (SSSR count). The summed E-state index contributed by atoms with van der Waals surface area (Å²) < 4.78 is 0.824. The van der Waals surface area contributed by atoms with Gasteiger partial charge in [-0.15, -0.1) is 0 Å². The molecule has 0 amide bonds. The van der Waals surface area contributed by atoms with Crippen molar-refractivity contribution in [3.05, 3.63) is 15.8 Å². The van der Waals surface area contributed by atoms with Crippen LogP contribution in [-0.4, -0.2) is 20.7 Å². The van der Waals surface area contributed by atoms with E-state index in [9.17, 15) is 0 Å². The molecule has 1 heterocycles. The highest BCUT2D eigenvalue weighted by Crippen LogP contribution is 1.91. The first-order chi connectivity index (χ1) is 4.18. The van der Waals surface area contributed by atoms with Gasteiger partial charge in [-0.25, -0.2) is 0 Å². The molecule has 0 spiro atoms. The van der Waals surface area contributed by atoms with Gasteiger partial charge in [-0.1, -0.05) is 11.5 Å². The van der Waals surface area contributed by atoms with Crippen molar-refractivity contribution in [2.75, 3.05) is 0 Å². The van der Waals surface area contributed by atoms with E-state index in [1.165, 1.54) is 0 Å². The molecule has 1 nitrogen and oxygen atoms in total. The number of aromatic nitrogens is 1. The van der Waals surface area contributed by atoms with Crippen molar-refractivity contribution in [1.29, 1.82) is 0 Å². The molecule has 0 aliphatic heterocycles. The molecule has 0 saturated heterocycles. The minimum absolute atomic E-state index is 0.472. The van der Waals surface area contributed by atoms with E-state index >= 15 is 0 Å². The van der Waals surface area contributed by atoms with Crippen molar-refractivity contribution in [1.82, 2.24) is 4.98 Å². The Morgan fingerprint density at radius 2 is 2.00 bits per heavy atom. The van der Waals surface area contributed by atoms with Crippen molar-refractivity contribution >= 4 is 49.3 Å². The van der Waals surface area contributed by atoms with Crippen LogP contribution in [0.2, 0.25) is 0 Å². The summed E-state index contributed by atoms with van der Waals surface area (Å²) >= 11 is 2.06. The van der Waals surface area contributed by atoms with Gasteiger partial charge < -0.3 is 0 Å². The first-order valence-corrected chi connectivity index (χ1v) is 3.45. The zero-order valence-electron chi connectivity index (χ0n) is 4.63. The van der Waals surface area contributed by atoms with E-state index in [0.717, 1.165) is 3.70 Å². The molecule has 0 unspecified atom stereocenters. The molecule has 1 aromatic heterocycles. The lowest BCUT2D eigenvalue weighted by atomic mass is 9.92. The van der Waals surface area contributed by atoms with E-state index in [1.54, 1.807) is 12.1 Å². The van der Waals surface area contributed by atoms with E-state index in [2.05, 4.69) is 27.6 Å². The highest BCUT2D eigenvalue weighted by atomic mass is 127. The van der Waals surface area contributed by atoms with Gasteiger partial charge in [-0.2, -0.15) is 0 Å².